The molecule has 0 fully saturated rings. The summed E-state index contributed by atoms with van der Waals surface area (Å²) >= 11 is 1.59. The number of aryl methyl sites for hydroxylation is 3. The summed E-state index contributed by atoms with van der Waals surface area (Å²) in [6, 6.07) is 5.66. The van der Waals surface area contributed by atoms with E-state index in [1.807, 2.05) is 25.1 Å². The van der Waals surface area contributed by atoms with E-state index in [1.165, 1.54) is 17.9 Å². The molecular formula is C19H20N6O3S. The molecule has 3 aromatic heterocycles. The van der Waals surface area contributed by atoms with Crippen LogP contribution in [-0.2, 0) is 25.4 Å². The van der Waals surface area contributed by atoms with Gasteiger partial charge in [-0.15, -0.1) is 11.3 Å². The molecule has 4 aromatic rings. The number of rotatable bonds is 5. The van der Waals surface area contributed by atoms with Crippen molar-refractivity contribution in [3.05, 3.63) is 50.4 Å². The van der Waals surface area contributed by atoms with Crippen LogP contribution in [0.5, 0.6) is 0 Å². The molecule has 1 amide bonds. The van der Waals surface area contributed by atoms with Gasteiger partial charge in [-0.05, 0) is 31.5 Å². The van der Waals surface area contributed by atoms with E-state index in [2.05, 4.69) is 15.3 Å². The highest BCUT2D eigenvalue weighted by atomic mass is 32.1. The molecule has 29 heavy (non-hydrogen) atoms. The van der Waals surface area contributed by atoms with Gasteiger partial charge in [0.1, 0.15) is 0 Å². The quantitative estimate of drug-likeness (QED) is 0.538. The molecule has 1 aromatic carbocycles. The maximum absolute atomic E-state index is 12.4. The minimum Gasteiger partial charge on any atom is -0.326 e. The third-order valence-electron chi connectivity index (χ3n) is 4.80. The predicted octanol–water partition coefficient (Wildman–Crippen LogP) is 1.77. The number of benzene rings is 1. The molecule has 150 valence electrons. The fourth-order valence-electron chi connectivity index (χ4n) is 3.32. The van der Waals surface area contributed by atoms with Crippen LogP contribution in [0.4, 0.5) is 5.69 Å². The number of hydrogen-bond acceptors (Lipinski definition) is 6. The number of carbonyl (C=O) groups is 1. The number of thiazole rings is 1. The number of anilines is 1. The Balaban J connectivity index is 1.44. The molecule has 0 radical (unpaired) electrons. The van der Waals surface area contributed by atoms with Crippen LogP contribution in [0.1, 0.15) is 17.8 Å². The van der Waals surface area contributed by atoms with Gasteiger partial charge in [0, 0.05) is 32.7 Å². The van der Waals surface area contributed by atoms with E-state index in [0.717, 1.165) is 25.5 Å². The summed E-state index contributed by atoms with van der Waals surface area (Å²) < 4.78 is 5.13. The number of aromatic nitrogens is 5. The molecule has 0 spiro atoms. The molecule has 10 heteroatoms. The Morgan fingerprint density at radius 3 is 2.79 bits per heavy atom. The number of nitrogens with zero attached hydrogens (tertiary/aromatic N) is 5. The molecule has 0 aliphatic rings. The minimum atomic E-state index is -0.416. The number of fused-ring (bicyclic) bond motifs is 2. The Bertz CT molecular complexity index is 1360. The Morgan fingerprint density at radius 2 is 2.00 bits per heavy atom. The van der Waals surface area contributed by atoms with Crippen LogP contribution in [0.25, 0.3) is 21.4 Å². The fourth-order valence-corrected chi connectivity index (χ4v) is 4.18. The lowest BCUT2D eigenvalue weighted by Gasteiger charge is -2.07. The second-order valence-corrected chi connectivity index (χ2v) is 8.12. The molecular weight excluding hydrogens is 392 g/mol. The van der Waals surface area contributed by atoms with Gasteiger partial charge in [0.15, 0.2) is 11.2 Å². The zero-order valence-electron chi connectivity index (χ0n) is 16.3. The average molecular weight is 412 g/mol. The normalized spacial score (nSPS) is 11.4. The van der Waals surface area contributed by atoms with Gasteiger partial charge in [0.2, 0.25) is 5.91 Å². The van der Waals surface area contributed by atoms with Gasteiger partial charge in [0.05, 0.1) is 21.6 Å². The molecule has 0 atom stereocenters. The molecule has 4 rings (SSSR count). The van der Waals surface area contributed by atoms with Crippen molar-refractivity contribution in [2.75, 3.05) is 5.32 Å². The molecule has 1 N–H and O–H groups in total. The first-order valence-electron chi connectivity index (χ1n) is 9.13. The van der Waals surface area contributed by atoms with Crippen molar-refractivity contribution in [2.45, 2.75) is 26.3 Å². The first-order valence-corrected chi connectivity index (χ1v) is 9.94. The van der Waals surface area contributed by atoms with E-state index < -0.39 is 11.2 Å². The Labute approximate surface area is 169 Å². The Hall–Kier alpha value is -3.27. The second-order valence-electron chi connectivity index (χ2n) is 6.88. The fraction of sp³-hybridized carbons (Fsp3) is 0.316. The number of amides is 1. The van der Waals surface area contributed by atoms with E-state index in [4.69, 9.17) is 0 Å². The van der Waals surface area contributed by atoms with Crippen LogP contribution in [0.15, 0.2) is 34.1 Å². The molecule has 0 aliphatic carbocycles. The number of hydrogen-bond donors (Lipinski definition) is 1. The summed E-state index contributed by atoms with van der Waals surface area (Å²) in [5.74, 6) is -0.102. The van der Waals surface area contributed by atoms with Crippen LogP contribution in [0, 0.1) is 6.92 Å². The average Bonchev–Trinajstić information content (AvgIpc) is 3.27. The molecule has 0 unspecified atom stereocenters. The lowest BCUT2D eigenvalue weighted by atomic mass is 10.2. The van der Waals surface area contributed by atoms with Crippen LogP contribution < -0.4 is 16.6 Å². The highest BCUT2D eigenvalue weighted by Crippen LogP contribution is 2.24. The standard InChI is InChI=1S/C19H20N6O3S/c1-11-21-13-7-6-12(9-14(13)29-11)22-15(26)5-4-8-25-10-20-17-16(25)18(27)24(3)19(28)23(17)2/h6-7,9-10H,4-5,8H2,1-3H3,(H,22,26). The van der Waals surface area contributed by atoms with Crippen molar-refractivity contribution >= 4 is 44.3 Å². The van der Waals surface area contributed by atoms with Crippen molar-refractivity contribution in [3.8, 4) is 0 Å². The van der Waals surface area contributed by atoms with Gasteiger partial charge in [-0.3, -0.25) is 18.7 Å². The largest absolute Gasteiger partial charge is 0.332 e. The van der Waals surface area contributed by atoms with Crippen LogP contribution in [0.3, 0.4) is 0 Å². The van der Waals surface area contributed by atoms with Crippen LogP contribution in [-0.4, -0.2) is 29.6 Å². The SMILES string of the molecule is Cc1nc2ccc(NC(=O)CCCn3cnc4c3c(=O)n(C)c(=O)n4C)cc2s1. The van der Waals surface area contributed by atoms with E-state index in [9.17, 15) is 14.4 Å². The van der Waals surface area contributed by atoms with Gasteiger partial charge in [-0.2, -0.15) is 0 Å². The number of carbonyl (C=O) groups excluding carboxylic acids is 1. The second kappa shape index (κ2) is 7.28. The Morgan fingerprint density at radius 1 is 1.21 bits per heavy atom. The lowest BCUT2D eigenvalue weighted by Crippen LogP contribution is -2.37. The topological polar surface area (TPSA) is 104 Å². The van der Waals surface area contributed by atoms with Crippen molar-refractivity contribution in [2.24, 2.45) is 14.1 Å². The van der Waals surface area contributed by atoms with Gasteiger partial charge >= 0.3 is 5.69 Å². The third-order valence-corrected chi connectivity index (χ3v) is 5.73. The number of imidazole rings is 1. The van der Waals surface area contributed by atoms with Crippen molar-refractivity contribution in [3.63, 3.8) is 0 Å². The first kappa shape index (κ1) is 19.1. The van der Waals surface area contributed by atoms with Gasteiger partial charge in [0.25, 0.3) is 5.56 Å². The number of nitrogens with one attached hydrogen (secondary N) is 1. The summed E-state index contributed by atoms with van der Waals surface area (Å²) in [7, 11) is 3.02. The zero-order valence-corrected chi connectivity index (χ0v) is 17.1. The molecule has 9 nitrogen and oxygen atoms in total. The summed E-state index contributed by atoms with van der Waals surface area (Å²) in [5.41, 5.74) is 1.56. The highest BCUT2D eigenvalue weighted by molar-refractivity contribution is 7.18. The smallest absolute Gasteiger partial charge is 0.326 e. The van der Waals surface area contributed by atoms with E-state index in [-0.39, 0.29) is 5.91 Å². The Kier molecular flexibility index (Phi) is 4.79. The summed E-state index contributed by atoms with van der Waals surface area (Å²) in [5, 5.41) is 3.89. The van der Waals surface area contributed by atoms with Crippen molar-refractivity contribution in [1.29, 1.82) is 0 Å². The van der Waals surface area contributed by atoms with E-state index in [0.29, 0.717) is 30.6 Å². The summed E-state index contributed by atoms with van der Waals surface area (Å²) in [6.07, 6.45) is 2.36. The monoisotopic (exact) mass is 412 g/mol. The molecule has 0 saturated heterocycles. The van der Waals surface area contributed by atoms with Gasteiger partial charge < -0.3 is 9.88 Å². The summed E-state index contributed by atoms with van der Waals surface area (Å²) in [4.78, 5) is 45.3. The molecule has 0 aliphatic heterocycles. The maximum Gasteiger partial charge on any atom is 0.332 e. The van der Waals surface area contributed by atoms with E-state index in [1.54, 1.807) is 23.0 Å². The lowest BCUT2D eigenvalue weighted by molar-refractivity contribution is -0.116. The van der Waals surface area contributed by atoms with Crippen molar-refractivity contribution in [1.82, 2.24) is 23.7 Å². The molecule has 0 bridgehead atoms. The third kappa shape index (κ3) is 3.46. The maximum atomic E-state index is 12.4. The van der Waals surface area contributed by atoms with Gasteiger partial charge in [-0.1, -0.05) is 0 Å². The molecule has 0 saturated carbocycles. The predicted molar refractivity (Wildman–Crippen MR) is 112 cm³/mol. The van der Waals surface area contributed by atoms with Gasteiger partial charge in [-0.25, -0.2) is 14.8 Å². The first-order chi connectivity index (χ1) is 13.8. The minimum absolute atomic E-state index is 0.102. The van der Waals surface area contributed by atoms with Crippen LogP contribution >= 0.6 is 11.3 Å². The van der Waals surface area contributed by atoms with Crippen molar-refractivity contribution < 1.29 is 4.79 Å². The summed E-state index contributed by atoms with van der Waals surface area (Å²) in [6.45, 7) is 2.40. The molecule has 3 heterocycles. The van der Waals surface area contributed by atoms with E-state index >= 15 is 0 Å². The van der Waals surface area contributed by atoms with Crippen LogP contribution in [0.2, 0.25) is 0 Å². The zero-order chi connectivity index (χ0) is 20.7. The highest BCUT2D eigenvalue weighted by Gasteiger charge is 2.14.